The number of aryl methyl sites for hydroxylation is 1. The highest BCUT2D eigenvalue weighted by Crippen LogP contribution is 2.20. The summed E-state index contributed by atoms with van der Waals surface area (Å²) < 4.78 is 1.13. The molecule has 0 heterocycles. The molecule has 1 aromatic carbocycles. The van der Waals surface area contributed by atoms with Crippen LogP contribution < -0.4 is 5.73 Å². The van der Waals surface area contributed by atoms with Gasteiger partial charge in [-0.25, -0.2) is 0 Å². The summed E-state index contributed by atoms with van der Waals surface area (Å²) in [6.45, 7) is 4.05. The molecule has 1 atom stereocenters. The summed E-state index contributed by atoms with van der Waals surface area (Å²) in [4.78, 5) is 0. The molecule has 2 N–H and O–H groups in total. The van der Waals surface area contributed by atoms with E-state index in [1.165, 1.54) is 11.1 Å². The normalized spacial score (nSPS) is 12.0. The molecule has 12 heavy (non-hydrogen) atoms. The molecule has 0 fully saturated rings. The third kappa shape index (κ3) is 2.77. The molecule has 0 aliphatic carbocycles. The van der Waals surface area contributed by atoms with Gasteiger partial charge in [-0.1, -0.05) is 28.1 Å². The van der Waals surface area contributed by atoms with Crippen molar-refractivity contribution in [1.82, 2.24) is 0 Å². The Morgan fingerprint density at radius 1 is 1.42 bits per heavy atom. The van der Waals surface area contributed by atoms with Crippen LogP contribution in [-0.4, -0.2) is 0 Å². The van der Waals surface area contributed by atoms with Crippen molar-refractivity contribution in [3.8, 4) is 0 Å². The van der Waals surface area contributed by atoms with Crippen LogP contribution in [0.4, 0.5) is 0 Å². The second-order valence-corrected chi connectivity index (χ2v) is 3.65. The largest absolute Gasteiger partial charge is 0.324 e. The molecule has 0 aromatic heterocycles. The molecular weight excluding hydrogens is 237 g/mol. The molecule has 1 unspecified atom stereocenters. The fourth-order valence-corrected chi connectivity index (χ4v) is 1.29. The fraction of sp³-hybridized carbons (Fsp3) is 0.333. The molecule has 0 bridgehead atoms. The number of hydrogen-bond donors (Lipinski definition) is 1. The molecule has 0 aliphatic heterocycles. The fourth-order valence-electron chi connectivity index (χ4n) is 0.892. The molecule has 3 heteroatoms. The number of benzene rings is 1. The number of rotatable bonds is 1. The zero-order valence-electron chi connectivity index (χ0n) is 7.17. The Balaban J connectivity index is 0.00000121. The van der Waals surface area contributed by atoms with Crippen LogP contribution in [-0.2, 0) is 0 Å². The van der Waals surface area contributed by atoms with Crippen LogP contribution in [0.2, 0.25) is 0 Å². The standard InChI is InChI=1S/C9H12BrN.ClH/c1-6-3-4-8(7(2)11)5-9(6)10;/h3-5,7H,11H2,1-2H3;1H. The summed E-state index contributed by atoms with van der Waals surface area (Å²) in [5.74, 6) is 0. The Kier molecular flexibility index (Phi) is 4.83. The van der Waals surface area contributed by atoms with Crippen LogP contribution in [0.3, 0.4) is 0 Å². The average molecular weight is 251 g/mol. The van der Waals surface area contributed by atoms with Crippen LogP contribution >= 0.6 is 28.3 Å². The van der Waals surface area contributed by atoms with Crippen molar-refractivity contribution in [3.05, 3.63) is 33.8 Å². The molecule has 0 radical (unpaired) electrons. The average Bonchev–Trinajstić information content (AvgIpc) is 1.94. The maximum absolute atomic E-state index is 5.71. The van der Waals surface area contributed by atoms with Crippen LogP contribution in [0.15, 0.2) is 22.7 Å². The van der Waals surface area contributed by atoms with E-state index in [1.807, 2.05) is 6.92 Å². The smallest absolute Gasteiger partial charge is 0.0266 e. The van der Waals surface area contributed by atoms with Gasteiger partial charge in [0.15, 0.2) is 0 Å². The SMILES string of the molecule is Cc1ccc(C(C)N)cc1Br.Cl. The van der Waals surface area contributed by atoms with Crippen LogP contribution in [0.1, 0.15) is 24.1 Å². The summed E-state index contributed by atoms with van der Waals surface area (Å²) in [5.41, 5.74) is 8.13. The maximum atomic E-state index is 5.71. The summed E-state index contributed by atoms with van der Waals surface area (Å²) in [5, 5.41) is 0. The summed E-state index contributed by atoms with van der Waals surface area (Å²) >= 11 is 3.46. The van der Waals surface area contributed by atoms with E-state index >= 15 is 0 Å². The molecule has 0 spiro atoms. The third-order valence-electron chi connectivity index (χ3n) is 1.72. The van der Waals surface area contributed by atoms with Crippen molar-refractivity contribution in [1.29, 1.82) is 0 Å². The predicted octanol–water partition coefficient (Wildman–Crippen LogP) is 3.20. The first-order valence-electron chi connectivity index (χ1n) is 3.63. The zero-order chi connectivity index (χ0) is 8.43. The maximum Gasteiger partial charge on any atom is 0.0266 e. The molecule has 0 saturated heterocycles. The monoisotopic (exact) mass is 249 g/mol. The van der Waals surface area contributed by atoms with E-state index in [9.17, 15) is 0 Å². The summed E-state index contributed by atoms with van der Waals surface area (Å²) in [6, 6.07) is 6.32. The lowest BCUT2D eigenvalue weighted by molar-refractivity contribution is 0.817. The lowest BCUT2D eigenvalue weighted by atomic mass is 10.1. The van der Waals surface area contributed by atoms with Crippen LogP contribution in [0.5, 0.6) is 0 Å². The van der Waals surface area contributed by atoms with Crippen molar-refractivity contribution >= 4 is 28.3 Å². The quantitative estimate of drug-likeness (QED) is 0.814. The number of halogens is 2. The van der Waals surface area contributed by atoms with Crippen LogP contribution in [0, 0.1) is 6.92 Å². The minimum absolute atomic E-state index is 0. The van der Waals surface area contributed by atoms with Gasteiger partial charge in [0.05, 0.1) is 0 Å². The van der Waals surface area contributed by atoms with Gasteiger partial charge in [0.1, 0.15) is 0 Å². The van der Waals surface area contributed by atoms with Gasteiger partial charge in [-0.15, -0.1) is 12.4 Å². The van der Waals surface area contributed by atoms with Gasteiger partial charge in [-0.2, -0.15) is 0 Å². The van der Waals surface area contributed by atoms with Gasteiger partial charge in [0.25, 0.3) is 0 Å². The number of nitrogens with two attached hydrogens (primary N) is 1. The Morgan fingerprint density at radius 3 is 2.42 bits per heavy atom. The van der Waals surface area contributed by atoms with E-state index in [1.54, 1.807) is 0 Å². The predicted molar refractivity (Wildman–Crippen MR) is 58.7 cm³/mol. The first-order chi connectivity index (χ1) is 5.11. The van der Waals surface area contributed by atoms with Crippen molar-refractivity contribution in [2.24, 2.45) is 5.73 Å². The van der Waals surface area contributed by atoms with Gasteiger partial charge in [-0.3, -0.25) is 0 Å². The van der Waals surface area contributed by atoms with Crippen molar-refractivity contribution < 1.29 is 0 Å². The van der Waals surface area contributed by atoms with Gasteiger partial charge < -0.3 is 5.73 Å². The van der Waals surface area contributed by atoms with Gasteiger partial charge in [-0.05, 0) is 31.0 Å². The topological polar surface area (TPSA) is 26.0 Å². The summed E-state index contributed by atoms with van der Waals surface area (Å²) in [6.07, 6.45) is 0. The Bertz CT molecular complexity index is 261. The highest BCUT2D eigenvalue weighted by molar-refractivity contribution is 9.10. The molecule has 1 nitrogen and oxygen atoms in total. The second kappa shape index (κ2) is 4.85. The van der Waals surface area contributed by atoms with Gasteiger partial charge in [0, 0.05) is 10.5 Å². The van der Waals surface area contributed by atoms with E-state index in [2.05, 4.69) is 41.1 Å². The molecule has 0 saturated carbocycles. The Morgan fingerprint density at radius 2 is 2.00 bits per heavy atom. The van der Waals surface area contributed by atoms with Crippen molar-refractivity contribution in [2.75, 3.05) is 0 Å². The second-order valence-electron chi connectivity index (χ2n) is 2.80. The lowest BCUT2D eigenvalue weighted by Crippen LogP contribution is -2.04. The highest BCUT2D eigenvalue weighted by atomic mass is 79.9. The molecular formula is C9H13BrClN. The minimum Gasteiger partial charge on any atom is -0.324 e. The molecule has 68 valence electrons. The molecule has 0 amide bonds. The third-order valence-corrected chi connectivity index (χ3v) is 2.58. The Hall–Kier alpha value is -0.0500. The number of hydrogen-bond acceptors (Lipinski definition) is 1. The summed E-state index contributed by atoms with van der Waals surface area (Å²) in [7, 11) is 0. The molecule has 1 rings (SSSR count). The van der Waals surface area contributed by atoms with E-state index in [0.717, 1.165) is 4.47 Å². The minimum atomic E-state index is 0. The Labute approximate surface area is 87.9 Å². The van der Waals surface area contributed by atoms with Crippen LogP contribution in [0.25, 0.3) is 0 Å². The van der Waals surface area contributed by atoms with Crippen molar-refractivity contribution in [2.45, 2.75) is 19.9 Å². The van der Waals surface area contributed by atoms with E-state index in [0.29, 0.717) is 0 Å². The van der Waals surface area contributed by atoms with E-state index in [-0.39, 0.29) is 18.4 Å². The van der Waals surface area contributed by atoms with Gasteiger partial charge >= 0.3 is 0 Å². The first kappa shape index (κ1) is 11.9. The molecule has 0 aliphatic rings. The van der Waals surface area contributed by atoms with Gasteiger partial charge in [0.2, 0.25) is 0 Å². The zero-order valence-corrected chi connectivity index (χ0v) is 9.58. The van der Waals surface area contributed by atoms with E-state index < -0.39 is 0 Å². The molecule has 1 aromatic rings. The first-order valence-corrected chi connectivity index (χ1v) is 4.42. The highest BCUT2D eigenvalue weighted by Gasteiger charge is 2.00. The van der Waals surface area contributed by atoms with Crippen molar-refractivity contribution in [3.63, 3.8) is 0 Å². The lowest BCUT2D eigenvalue weighted by Gasteiger charge is -2.06. The van der Waals surface area contributed by atoms with E-state index in [4.69, 9.17) is 5.73 Å².